The van der Waals surface area contributed by atoms with Crippen LogP contribution in [-0.4, -0.2) is 32.5 Å². The fraction of sp³-hybridized carbons (Fsp3) is 0.111. The van der Waals surface area contributed by atoms with Crippen molar-refractivity contribution in [3.05, 3.63) is 78.1 Å². The molecule has 2 aromatic carbocycles. The van der Waals surface area contributed by atoms with Crippen LogP contribution in [-0.2, 0) is 0 Å². The number of aliphatic hydroxyl groups is 1. The number of para-hydroxylation sites is 1. The maximum absolute atomic E-state index is 12.4. The van der Waals surface area contributed by atoms with E-state index in [1.165, 1.54) is 10.9 Å². The van der Waals surface area contributed by atoms with Gasteiger partial charge in [-0.05, 0) is 17.7 Å². The number of nitrogens with zero attached hydrogens (tertiary/aromatic N) is 2. The number of carbonyl (C=O) groups is 1. The van der Waals surface area contributed by atoms with Crippen molar-refractivity contribution < 1.29 is 15.0 Å². The van der Waals surface area contributed by atoms with Gasteiger partial charge < -0.3 is 15.5 Å². The standard InChI is InChI=1S/C18H17N3O3/c22-12-15(13-7-3-1-4-8-13)19-18(24)17-16(23)11-21(20-17)14-9-5-2-6-10-14/h1-11,15,22-23H,12H2,(H,19,24). The number of aromatic nitrogens is 2. The lowest BCUT2D eigenvalue weighted by Gasteiger charge is -2.15. The normalized spacial score (nSPS) is 11.9. The van der Waals surface area contributed by atoms with Gasteiger partial charge in [-0.15, -0.1) is 0 Å². The molecule has 6 heteroatoms. The van der Waals surface area contributed by atoms with E-state index in [4.69, 9.17) is 0 Å². The van der Waals surface area contributed by atoms with Crippen LogP contribution in [0, 0.1) is 0 Å². The highest BCUT2D eigenvalue weighted by Gasteiger charge is 2.21. The van der Waals surface area contributed by atoms with Crippen LogP contribution in [0.5, 0.6) is 5.75 Å². The van der Waals surface area contributed by atoms with E-state index in [-0.39, 0.29) is 18.1 Å². The first-order valence-electron chi connectivity index (χ1n) is 7.50. The van der Waals surface area contributed by atoms with Crippen LogP contribution in [0.25, 0.3) is 5.69 Å². The van der Waals surface area contributed by atoms with Gasteiger partial charge in [0.1, 0.15) is 0 Å². The van der Waals surface area contributed by atoms with Gasteiger partial charge >= 0.3 is 0 Å². The molecule has 1 atom stereocenters. The van der Waals surface area contributed by atoms with Crippen molar-refractivity contribution in [3.63, 3.8) is 0 Å². The third kappa shape index (κ3) is 3.28. The lowest BCUT2D eigenvalue weighted by atomic mass is 10.1. The molecule has 3 N–H and O–H groups in total. The molecule has 6 nitrogen and oxygen atoms in total. The number of hydrogen-bond acceptors (Lipinski definition) is 4. The first-order valence-corrected chi connectivity index (χ1v) is 7.50. The molecule has 3 rings (SSSR count). The Kier molecular flexibility index (Phi) is 4.58. The van der Waals surface area contributed by atoms with Gasteiger partial charge in [0, 0.05) is 0 Å². The Hall–Kier alpha value is -3.12. The summed E-state index contributed by atoms with van der Waals surface area (Å²) in [7, 11) is 0. The van der Waals surface area contributed by atoms with Gasteiger partial charge in [0.2, 0.25) is 0 Å². The van der Waals surface area contributed by atoms with Gasteiger partial charge in [0.15, 0.2) is 11.4 Å². The Labute approximate surface area is 139 Å². The third-order valence-electron chi connectivity index (χ3n) is 3.62. The van der Waals surface area contributed by atoms with E-state index >= 15 is 0 Å². The molecule has 0 bridgehead atoms. The number of benzene rings is 2. The molecule has 0 spiro atoms. The van der Waals surface area contributed by atoms with E-state index in [1.807, 2.05) is 60.7 Å². The van der Waals surface area contributed by atoms with Crippen LogP contribution in [0.2, 0.25) is 0 Å². The van der Waals surface area contributed by atoms with Crippen LogP contribution in [0.1, 0.15) is 22.1 Å². The molecule has 1 aromatic heterocycles. The van der Waals surface area contributed by atoms with Crippen molar-refractivity contribution in [1.29, 1.82) is 0 Å². The van der Waals surface area contributed by atoms with Crippen LogP contribution >= 0.6 is 0 Å². The summed E-state index contributed by atoms with van der Waals surface area (Å²) in [5.41, 5.74) is 1.41. The predicted molar refractivity (Wildman–Crippen MR) is 89.0 cm³/mol. The Morgan fingerprint density at radius 2 is 1.71 bits per heavy atom. The van der Waals surface area contributed by atoms with Crippen molar-refractivity contribution in [2.75, 3.05) is 6.61 Å². The molecule has 24 heavy (non-hydrogen) atoms. The van der Waals surface area contributed by atoms with Gasteiger partial charge in [-0.2, -0.15) is 5.10 Å². The molecule has 0 saturated heterocycles. The van der Waals surface area contributed by atoms with E-state index in [2.05, 4.69) is 10.4 Å². The largest absolute Gasteiger partial charge is 0.504 e. The second-order valence-electron chi connectivity index (χ2n) is 5.26. The summed E-state index contributed by atoms with van der Waals surface area (Å²) in [6.07, 6.45) is 1.38. The van der Waals surface area contributed by atoms with Crippen molar-refractivity contribution in [1.82, 2.24) is 15.1 Å². The van der Waals surface area contributed by atoms with Crippen molar-refractivity contribution >= 4 is 5.91 Å². The Morgan fingerprint density at radius 3 is 2.33 bits per heavy atom. The molecule has 0 aliphatic carbocycles. The summed E-state index contributed by atoms with van der Waals surface area (Å²) in [5, 5.41) is 26.4. The number of carbonyl (C=O) groups excluding carboxylic acids is 1. The van der Waals surface area contributed by atoms with E-state index in [0.29, 0.717) is 0 Å². The minimum atomic E-state index is -0.569. The molecule has 1 unspecified atom stereocenters. The molecule has 0 radical (unpaired) electrons. The quantitative estimate of drug-likeness (QED) is 0.670. The summed E-state index contributed by atoms with van der Waals surface area (Å²) in [5.74, 6) is -0.772. The third-order valence-corrected chi connectivity index (χ3v) is 3.62. The molecule has 0 aliphatic rings. The van der Waals surface area contributed by atoms with Gasteiger partial charge in [0.25, 0.3) is 5.91 Å². The van der Waals surface area contributed by atoms with Gasteiger partial charge in [-0.25, -0.2) is 4.68 Å². The average molecular weight is 323 g/mol. The number of amides is 1. The van der Waals surface area contributed by atoms with Crippen molar-refractivity contribution in [2.24, 2.45) is 0 Å². The maximum Gasteiger partial charge on any atom is 0.276 e. The Balaban J connectivity index is 1.81. The van der Waals surface area contributed by atoms with Crippen molar-refractivity contribution in [2.45, 2.75) is 6.04 Å². The van der Waals surface area contributed by atoms with Crippen LogP contribution in [0.15, 0.2) is 66.9 Å². The Bertz CT molecular complexity index is 816. The van der Waals surface area contributed by atoms with E-state index in [1.54, 1.807) is 0 Å². The Morgan fingerprint density at radius 1 is 1.08 bits per heavy atom. The van der Waals surface area contributed by atoms with E-state index < -0.39 is 11.9 Å². The highest BCUT2D eigenvalue weighted by Crippen LogP contribution is 2.19. The van der Waals surface area contributed by atoms with Crippen LogP contribution in [0.4, 0.5) is 0 Å². The van der Waals surface area contributed by atoms with Gasteiger partial charge in [-0.3, -0.25) is 4.79 Å². The summed E-state index contributed by atoms with van der Waals surface area (Å²) in [6, 6.07) is 17.7. The lowest BCUT2D eigenvalue weighted by Crippen LogP contribution is -2.31. The number of aromatic hydroxyl groups is 1. The van der Waals surface area contributed by atoms with E-state index in [0.717, 1.165) is 11.3 Å². The first kappa shape index (κ1) is 15.8. The minimum Gasteiger partial charge on any atom is -0.504 e. The zero-order valence-electron chi connectivity index (χ0n) is 12.8. The fourth-order valence-electron chi connectivity index (χ4n) is 2.39. The molecule has 0 aliphatic heterocycles. The molecule has 1 heterocycles. The molecule has 0 fully saturated rings. The monoisotopic (exact) mass is 323 g/mol. The van der Waals surface area contributed by atoms with Gasteiger partial charge in [0.05, 0.1) is 24.5 Å². The smallest absolute Gasteiger partial charge is 0.276 e. The highest BCUT2D eigenvalue weighted by atomic mass is 16.3. The average Bonchev–Trinajstić information content (AvgIpc) is 3.03. The number of nitrogens with one attached hydrogen (secondary N) is 1. The number of hydrogen-bond donors (Lipinski definition) is 3. The van der Waals surface area contributed by atoms with Gasteiger partial charge in [-0.1, -0.05) is 48.5 Å². The summed E-state index contributed by atoms with van der Waals surface area (Å²) in [6.45, 7) is -0.254. The maximum atomic E-state index is 12.4. The SMILES string of the molecule is O=C(NC(CO)c1ccccc1)c1nn(-c2ccccc2)cc1O. The number of rotatable bonds is 5. The fourth-order valence-corrected chi connectivity index (χ4v) is 2.39. The molecule has 3 aromatic rings. The van der Waals surface area contributed by atoms with Crippen molar-refractivity contribution in [3.8, 4) is 11.4 Å². The molecular weight excluding hydrogens is 306 g/mol. The predicted octanol–water partition coefficient (Wildman–Crippen LogP) is 2.04. The lowest BCUT2D eigenvalue weighted by molar-refractivity contribution is 0.0908. The second kappa shape index (κ2) is 6.97. The summed E-state index contributed by atoms with van der Waals surface area (Å²) in [4.78, 5) is 12.4. The summed E-state index contributed by atoms with van der Waals surface area (Å²) < 4.78 is 1.43. The highest BCUT2D eigenvalue weighted by molar-refractivity contribution is 5.95. The zero-order chi connectivity index (χ0) is 16.9. The first-order chi connectivity index (χ1) is 11.7. The molecule has 122 valence electrons. The number of aliphatic hydroxyl groups excluding tert-OH is 1. The van der Waals surface area contributed by atoms with Crippen LogP contribution in [0.3, 0.4) is 0 Å². The molecule has 0 saturated carbocycles. The topological polar surface area (TPSA) is 87.4 Å². The molecular formula is C18H17N3O3. The summed E-state index contributed by atoms with van der Waals surface area (Å²) >= 11 is 0. The minimum absolute atomic E-state index is 0.0896. The molecule has 1 amide bonds. The zero-order valence-corrected chi connectivity index (χ0v) is 12.8. The van der Waals surface area contributed by atoms with E-state index in [9.17, 15) is 15.0 Å². The van der Waals surface area contributed by atoms with Crippen LogP contribution < -0.4 is 5.32 Å². The second-order valence-corrected chi connectivity index (χ2v) is 5.26.